The van der Waals surface area contributed by atoms with Crippen molar-refractivity contribution in [2.45, 2.75) is 24.2 Å². The number of nitrogens with zero attached hydrogens (tertiary/aromatic N) is 2. The number of piperazine rings is 1. The van der Waals surface area contributed by atoms with Crippen LogP contribution in [0.1, 0.15) is 18.4 Å². The summed E-state index contributed by atoms with van der Waals surface area (Å²) in [7, 11) is 0. The van der Waals surface area contributed by atoms with E-state index in [0.717, 1.165) is 37.8 Å². The van der Waals surface area contributed by atoms with E-state index in [-0.39, 0.29) is 5.82 Å². The Labute approximate surface area is 116 Å². The van der Waals surface area contributed by atoms with Crippen LogP contribution in [0, 0.1) is 5.82 Å². The summed E-state index contributed by atoms with van der Waals surface area (Å²) in [6, 6.07) is 5.97. The summed E-state index contributed by atoms with van der Waals surface area (Å²) in [6.45, 7) is 4.40. The molecule has 0 aromatic heterocycles. The van der Waals surface area contributed by atoms with Crippen LogP contribution in [0.3, 0.4) is 0 Å². The molecule has 4 heteroatoms. The van der Waals surface area contributed by atoms with Crippen molar-refractivity contribution in [1.82, 2.24) is 4.90 Å². The fraction of sp³-hybridized carbons (Fsp3) is 0.571. The molecule has 0 amide bonds. The van der Waals surface area contributed by atoms with E-state index in [2.05, 4.69) is 25.7 Å². The van der Waals surface area contributed by atoms with Gasteiger partial charge < -0.3 is 4.90 Å². The van der Waals surface area contributed by atoms with Gasteiger partial charge in [0.15, 0.2) is 0 Å². The van der Waals surface area contributed by atoms with E-state index in [1.54, 1.807) is 12.1 Å². The smallest absolute Gasteiger partial charge is 0.123 e. The number of halogens is 2. The van der Waals surface area contributed by atoms with Gasteiger partial charge in [0.05, 0.1) is 0 Å². The Morgan fingerprint density at radius 1 is 1.17 bits per heavy atom. The molecule has 0 radical (unpaired) electrons. The fourth-order valence-corrected chi connectivity index (χ4v) is 3.19. The Balaban J connectivity index is 1.71. The Kier molecular flexibility index (Phi) is 3.57. The minimum atomic E-state index is -0.148. The van der Waals surface area contributed by atoms with E-state index >= 15 is 0 Å². The SMILES string of the molecule is Fc1ccc(N2CCN(C3CC3)CC2)c(CBr)c1. The van der Waals surface area contributed by atoms with Crippen molar-refractivity contribution in [2.24, 2.45) is 0 Å². The molecule has 0 spiro atoms. The van der Waals surface area contributed by atoms with Crippen LogP contribution in [-0.2, 0) is 5.33 Å². The number of hydrogen-bond donors (Lipinski definition) is 0. The molecule has 18 heavy (non-hydrogen) atoms. The van der Waals surface area contributed by atoms with E-state index in [1.165, 1.54) is 18.5 Å². The summed E-state index contributed by atoms with van der Waals surface area (Å²) in [5, 5.41) is 0.711. The lowest BCUT2D eigenvalue weighted by atomic mass is 10.1. The molecule has 1 heterocycles. The molecular weight excluding hydrogens is 295 g/mol. The van der Waals surface area contributed by atoms with Crippen LogP contribution in [0.4, 0.5) is 10.1 Å². The first-order valence-electron chi connectivity index (χ1n) is 6.61. The van der Waals surface area contributed by atoms with E-state index in [4.69, 9.17) is 0 Å². The molecule has 2 nitrogen and oxygen atoms in total. The Bertz CT molecular complexity index is 426. The Morgan fingerprint density at radius 2 is 1.89 bits per heavy atom. The van der Waals surface area contributed by atoms with E-state index in [1.807, 2.05) is 6.07 Å². The second-order valence-corrected chi connectivity index (χ2v) is 5.72. The lowest BCUT2D eigenvalue weighted by molar-refractivity contribution is 0.248. The second-order valence-electron chi connectivity index (χ2n) is 5.16. The maximum absolute atomic E-state index is 13.2. The highest BCUT2D eigenvalue weighted by Gasteiger charge is 2.31. The monoisotopic (exact) mass is 312 g/mol. The Hall–Kier alpha value is -0.610. The summed E-state index contributed by atoms with van der Waals surface area (Å²) in [5.74, 6) is -0.148. The first-order valence-corrected chi connectivity index (χ1v) is 7.73. The van der Waals surface area contributed by atoms with Gasteiger partial charge in [-0.15, -0.1) is 0 Å². The average molecular weight is 313 g/mol. The zero-order valence-electron chi connectivity index (χ0n) is 10.4. The molecule has 0 N–H and O–H groups in total. The summed E-state index contributed by atoms with van der Waals surface area (Å²) in [5.41, 5.74) is 2.23. The van der Waals surface area contributed by atoms with E-state index < -0.39 is 0 Å². The molecule has 1 saturated heterocycles. The molecule has 1 aliphatic heterocycles. The molecule has 1 saturated carbocycles. The lowest BCUT2D eigenvalue weighted by Crippen LogP contribution is -2.47. The van der Waals surface area contributed by atoms with Crippen molar-refractivity contribution in [2.75, 3.05) is 31.1 Å². The molecule has 1 aromatic carbocycles. The zero-order chi connectivity index (χ0) is 12.5. The van der Waals surface area contributed by atoms with Crippen molar-refractivity contribution in [3.63, 3.8) is 0 Å². The summed E-state index contributed by atoms with van der Waals surface area (Å²) in [4.78, 5) is 4.97. The van der Waals surface area contributed by atoms with Crippen LogP contribution in [0.5, 0.6) is 0 Å². The molecule has 2 aliphatic rings. The van der Waals surface area contributed by atoms with Gasteiger partial charge in [-0.2, -0.15) is 0 Å². The highest BCUT2D eigenvalue weighted by molar-refractivity contribution is 9.08. The predicted octanol–water partition coefficient (Wildman–Crippen LogP) is 3.01. The van der Waals surface area contributed by atoms with E-state index in [0.29, 0.717) is 5.33 Å². The van der Waals surface area contributed by atoms with Crippen LogP contribution in [0.25, 0.3) is 0 Å². The van der Waals surface area contributed by atoms with Crippen LogP contribution >= 0.6 is 15.9 Å². The largest absolute Gasteiger partial charge is 0.369 e. The average Bonchev–Trinajstić information content (AvgIpc) is 3.23. The van der Waals surface area contributed by atoms with Gasteiger partial charge in [0.2, 0.25) is 0 Å². The van der Waals surface area contributed by atoms with Gasteiger partial charge in [-0.3, -0.25) is 4.90 Å². The van der Waals surface area contributed by atoms with E-state index in [9.17, 15) is 4.39 Å². The summed E-state index contributed by atoms with van der Waals surface area (Å²) in [6.07, 6.45) is 2.76. The normalized spacial score (nSPS) is 21.3. The third-order valence-corrected chi connectivity index (χ3v) is 4.51. The first kappa shape index (κ1) is 12.4. The van der Waals surface area contributed by atoms with Crippen LogP contribution in [0.2, 0.25) is 0 Å². The minimum absolute atomic E-state index is 0.148. The van der Waals surface area contributed by atoms with Crippen LogP contribution in [0.15, 0.2) is 18.2 Å². The van der Waals surface area contributed by atoms with Crippen molar-refractivity contribution in [3.05, 3.63) is 29.6 Å². The van der Waals surface area contributed by atoms with Gasteiger partial charge in [0, 0.05) is 43.2 Å². The zero-order valence-corrected chi connectivity index (χ0v) is 12.0. The molecule has 0 bridgehead atoms. The number of rotatable bonds is 3. The lowest BCUT2D eigenvalue weighted by Gasteiger charge is -2.37. The fourth-order valence-electron chi connectivity index (χ4n) is 2.74. The van der Waals surface area contributed by atoms with Gasteiger partial charge in [-0.25, -0.2) is 4.39 Å². The van der Waals surface area contributed by atoms with Gasteiger partial charge >= 0.3 is 0 Å². The predicted molar refractivity (Wildman–Crippen MR) is 75.8 cm³/mol. The number of anilines is 1. The number of hydrogen-bond acceptors (Lipinski definition) is 2. The minimum Gasteiger partial charge on any atom is -0.369 e. The Morgan fingerprint density at radius 3 is 2.50 bits per heavy atom. The van der Waals surface area contributed by atoms with Crippen molar-refractivity contribution < 1.29 is 4.39 Å². The quantitative estimate of drug-likeness (QED) is 0.792. The van der Waals surface area contributed by atoms with Crippen molar-refractivity contribution in [3.8, 4) is 0 Å². The van der Waals surface area contributed by atoms with Crippen molar-refractivity contribution in [1.29, 1.82) is 0 Å². The van der Waals surface area contributed by atoms with Gasteiger partial charge in [-0.1, -0.05) is 15.9 Å². The van der Waals surface area contributed by atoms with Crippen LogP contribution in [-0.4, -0.2) is 37.1 Å². The first-order chi connectivity index (χ1) is 8.78. The number of alkyl halides is 1. The second kappa shape index (κ2) is 5.17. The highest BCUT2D eigenvalue weighted by Crippen LogP contribution is 2.30. The van der Waals surface area contributed by atoms with Gasteiger partial charge in [0.1, 0.15) is 5.82 Å². The molecule has 3 rings (SSSR count). The maximum Gasteiger partial charge on any atom is 0.123 e. The number of benzene rings is 1. The summed E-state index contributed by atoms with van der Waals surface area (Å²) < 4.78 is 13.2. The molecule has 0 unspecified atom stereocenters. The van der Waals surface area contributed by atoms with Crippen LogP contribution < -0.4 is 4.90 Å². The molecule has 1 aliphatic carbocycles. The summed E-state index contributed by atoms with van der Waals surface area (Å²) >= 11 is 3.45. The molecule has 0 atom stereocenters. The highest BCUT2D eigenvalue weighted by atomic mass is 79.9. The van der Waals surface area contributed by atoms with Gasteiger partial charge in [-0.05, 0) is 36.6 Å². The standard InChI is InChI=1S/C14H18BrFN2/c15-10-11-9-12(16)1-4-14(11)18-7-5-17(6-8-18)13-2-3-13/h1,4,9,13H,2-3,5-8,10H2. The van der Waals surface area contributed by atoms with Gasteiger partial charge in [0.25, 0.3) is 0 Å². The third-order valence-electron chi connectivity index (χ3n) is 3.90. The maximum atomic E-state index is 13.2. The third kappa shape index (κ3) is 2.54. The molecule has 2 fully saturated rings. The molecule has 98 valence electrons. The van der Waals surface area contributed by atoms with Crippen molar-refractivity contribution >= 4 is 21.6 Å². The topological polar surface area (TPSA) is 6.48 Å². The molecular formula is C14H18BrFN2. The molecule has 1 aromatic rings.